The Labute approximate surface area is 165 Å². The van der Waals surface area contributed by atoms with Gasteiger partial charge in [-0.1, -0.05) is 85.6 Å². The Hall–Kier alpha value is -2.16. The topological polar surface area (TPSA) is 24.7 Å². The average Bonchev–Trinajstić information content (AvgIpc) is 2.70. The highest BCUT2D eigenvalue weighted by Gasteiger charge is 1.97. The summed E-state index contributed by atoms with van der Waals surface area (Å²) >= 11 is 12.5. The molecule has 0 bridgehead atoms. The van der Waals surface area contributed by atoms with E-state index in [9.17, 15) is 0 Å². The van der Waals surface area contributed by atoms with Crippen LogP contribution in [0.4, 0.5) is 0 Å². The molecule has 0 atom stereocenters. The summed E-state index contributed by atoms with van der Waals surface area (Å²) in [5, 5.41) is 9.13. The van der Waals surface area contributed by atoms with Crippen LogP contribution in [0.3, 0.4) is 0 Å². The van der Waals surface area contributed by atoms with E-state index in [0.29, 0.717) is 10.1 Å². The summed E-state index contributed by atoms with van der Waals surface area (Å²) in [5.74, 6) is 0. The van der Waals surface area contributed by atoms with E-state index in [2.05, 4.69) is 48.3 Å². The van der Waals surface area contributed by atoms with Gasteiger partial charge in [-0.2, -0.15) is 10.2 Å². The predicted octanol–water partition coefficient (Wildman–Crippen LogP) is 6.73. The molecule has 0 amide bonds. The second kappa shape index (κ2) is 10.7. The lowest BCUT2D eigenvalue weighted by Gasteiger charge is -2.00. The molecule has 0 aromatic heterocycles. The fourth-order valence-corrected chi connectivity index (χ4v) is 2.63. The number of hydrogen-bond donors (Lipinski definition) is 0. The van der Waals surface area contributed by atoms with Gasteiger partial charge in [-0.15, -0.1) is 0 Å². The molecule has 2 aromatic carbocycles. The van der Waals surface area contributed by atoms with Gasteiger partial charge in [-0.05, 0) is 47.2 Å². The Balaban J connectivity index is 1.93. The minimum atomic E-state index is 0.621. The molecule has 0 heterocycles. The van der Waals surface area contributed by atoms with E-state index in [1.165, 1.54) is 11.1 Å². The van der Waals surface area contributed by atoms with Crippen LogP contribution in [0.25, 0.3) is 10.1 Å². The van der Waals surface area contributed by atoms with Crippen molar-refractivity contribution >= 4 is 45.7 Å². The van der Waals surface area contributed by atoms with Crippen molar-refractivity contribution in [1.29, 1.82) is 0 Å². The Morgan fingerprint density at radius 1 is 0.692 bits per heavy atom. The summed E-state index contributed by atoms with van der Waals surface area (Å²) < 4.78 is 0. The molecule has 134 valence electrons. The van der Waals surface area contributed by atoms with Crippen LogP contribution in [0, 0.1) is 0 Å². The van der Waals surface area contributed by atoms with Crippen molar-refractivity contribution in [1.82, 2.24) is 0 Å². The third kappa shape index (κ3) is 6.29. The van der Waals surface area contributed by atoms with Crippen molar-refractivity contribution in [3.63, 3.8) is 0 Å². The lowest BCUT2D eigenvalue weighted by molar-refractivity contribution is 1.14. The lowest BCUT2D eigenvalue weighted by atomic mass is 10.1. The van der Waals surface area contributed by atoms with Gasteiger partial charge >= 0.3 is 0 Å². The fourth-order valence-electron chi connectivity index (χ4n) is 2.27. The maximum Gasteiger partial charge on any atom is 0.0510 e. The van der Waals surface area contributed by atoms with Crippen molar-refractivity contribution in [2.24, 2.45) is 10.2 Å². The summed E-state index contributed by atoms with van der Waals surface area (Å²) in [6, 6.07) is 16.3. The number of allylic oxidation sites excluding steroid dienone is 2. The Kier molecular flexibility index (Phi) is 8.33. The molecule has 0 aliphatic heterocycles. The molecule has 2 nitrogen and oxygen atoms in total. The molecule has 4 heteroatoms. The molecule has 0 saturated carbocycles. The van der Waals surface area contributed by atoms with E-state index in [1.54, 1.807) is 24.6 Å². The fraction of sp³-hybridized carbons (Fsp3) is 0.182. The third-order valence-electron chi connectivity index (χ3n) is 3.92. The highest BCUT2D eigenvalue weighted by molar-refractivity contribution is 6.50. The first-order valence-corrected chi connectivity index (χ1v) is 9.36. The van der Waals surface area contributed by atoms with E-state index >= 15 is 0 Å². The van der Waals surface area contributed by atoms with Crippen LogP contribution in [-0.2, 0) is 12.8 Å². The lowest BCUT2D eigenvalue weighted by Crippen LogP contribution is -1.82. The van der Waals surface area contributed by atoms with Crippen LogP contribution in [0.5, 0.6) is 0 Å². The van der Waals surface area contributed by atoms with Crippen molar-refractivity contribution in [2.45, 2.75) is 26.7 Å². The monoisotopic (exact) mass is 384 g/mol. The zero-order chi connectivity index (χ0) is 18.8. The molecule has 0 spiro atoms. The SMILES string of the molecule is CCc1ccc(/C(Cl)=C/C=N\N=C/C=C(\Cl)c2ccc(CC)cc2)cc1. The highest BCUT2D eigenvalue weighted by atomic mass is 35.5. The molecule has 26 heavy (non-hydrogen) atoms. The molecule has 0 N–H and O–H groups in total. The van der Waals surface area contributed by atoms with Gasteiger partial charge in [0, 0.05) is 10.1 Å². The molecule has 2 aromatic rings. The van der Waals surface area contributed by atoms with Crippen LogP contribution in [0.1, 0.15) is 36.1 Å². The minimum Gasteiger partial charge on any atom is -0.159 e. The Morgan fingerprint density at radius 2 is 1.04 bits per heavy atom. The van der Waals surface area contributed by atoms with E-state index in [4.69, 9.17) is 23.2 Å². The molecule has 0 aliphatic rings. The van der Waals surface area contributed by atoms with Crippen LogP contribution in [0.15, 0.2) is 70.9 Å². The number of benzene rings is 2. The van der Waals surface area contributed by atoms with Crippen molar-refractivity contribution in [3.05, 3.63) is 82.9 Å². The summed E-state index contributed by atoms with van der Waals surface area (Å²) in [7, 11) is 0. The molecule has 0 fully saturated rings. The van der Waals surface area contributed by atoms with Crippen molar-refractivity contribution in [3.8, 4) is 0 Å². The summed E-state index contributed by atoms with van der Waals surface area (Å²) in [6.45, 7) is 4.25. The molecule has 2 rings (SSSR count). The van der Waals surface area contributed by atoms with Crippen molar-refractivity contribution < 1.29 is 0 Å². The second-order valence-corrected chi connectivity index (χ2v) is 6.47. The Morgan fingerprint density at radius 3 is 1.35 bits per heavy atom. The predicted molar refractivity (Wildman–Crippen MR) is 116 cm³/mol. The van der Waals surface area contributed by atoms with E-state index in [-0.39, 0.29) is 0 Å². The molecular formula is C22H22Cl2N2. The van der Waals surface area contributed by atoms with Crippen LogP contribution < -0.4 is 0 Å². The number of rotatable bonds is 7. The summed E-state index contributed by atoms with van der Waals surface area (Å²) in [5.41, 5.74) is 4.48. The number of nitrogens with zero attached hydrogens (tertiary/aromatic N) is 2. The normalized spacial score (nSPS) is 13.1. The first-order chi connectivity index (χ1) is 12.6. The number of aryl methyl sites for hydroxylation is 2. The maximum atomic E-state index is 6.25. The molecule has 0 saturated heterocycles. The summed E-state index contributed by atoms with van der Waals surface area (Å²) in [4.78, 5) is 0. The van der Waals surface area contributed by atoms with Gasteiger partial charge < -0.3 is 0 Å². The summed E-state index contributed by atoms with van der Waals surface area (Å²) in [6.07, 6.45) is 8.57. The maximum absolute atomic E-state index is 6.25. The molecule has 0 aliphatic carbocycles. The van der Waals surface area contributed by atoms with Crippen LogP contribution in [0.2, 0.25) is 0 Å². The smallest absolute Gasteiger partial charge is 0.0510 e. The number of halogens is 2. The van der Waals surface area contributed by atoms with E-state index in [1.807, 2.05) is 24.3 Å². The van der Waals surface area contributed by atoms with Gasteiger partial charge in [0.15, 0.2) is 0 Å². The van der Waals surface area contributed by atoms with Gasteiger partial charge in [0.25, 0.3) is 0 Å². The quantitative estimate of drug-likeness (QED) is 0.373. The largest absolute Gasteiger partial charge is 0.159 e. The molecular weight excluding hydrogens is 363 g/mol. The standard InChI is InChI=1S/C22H22Cl2N2/c1-3-17-5-9-19(10-6-17)21(23)13-15-25-26-16-14-22(24)20-11-7-18(4-2)8-12-20/h5-16H,3-4H2,1-2H3/b21-13-,22-14-,25-15-,26-16-. The second-order valence-electron chi connectivity index (χ2n) is 5.66. The van der Waals surface area contributed by atoms with Crippen LogP contribution >= 0.6 is 23.2 Å². The molecule has 0 radical (unpaired) electrons. The Bertz CT molecular complexity index is 743. The van der Waals surface area contributed by atoms with Gasteiger partial charge in [0.05, 0.1) is 12.4 Å². The molecule has 0 unspecified atom stereocenters. The number of hydrogen-bond acceptors (Lipinski definition) is 2. The van der Waals surface area contributed by atoms with Crippen molar-refractivity contribution in [2.75, 3.05) is 0 Å². The van der Waals surface area contributed by atoms with Gasteiger partial charge in [-0.25, -0.2) is 0 Å². The zero-order valence-electron chi connectivity index (χ0n) is 15.0. The zero-order valence-corrected chi connectivity index (χ0v) is 16.5. The van der Waals surface area contributed by atoms with E-state index in [0.717, 1.165) is 24.0 Å². The third-order valence-corrected chi connectivity index (χ3v) is 4.61. The highest BCUT2D eigenvalue weighted by Crippen LogP contribution is 2.19. The minimum absolute atomic E-state index is 0.621. The van der Waals surface area contributed by atoms with Crippen LogP contribution in [-0.4, -0.2) is 12.4 Å². The first-order valence-electron chi connectivity index (χ1n) is 8.60. The van der Waals surface area contributed by atoms with Gasteiger partial charge in [0.1, 0.15) is 0 Å². The van der Waals surface area contributed by atoms with Gasteiger partial charge in [0.2, 0.25) is 0 Å². The average molecular weight is 385 g/mol. The van der Waals surface area contributed by atoms with Gasteiger partial charge in [-0.3, -0.25) is 0 Å². The first kappa shape index (κ1) is 20.2. The van der Waals surface area contributed by atoms with E-state index < -0.39 is 0 Å².